The van der Waals surface area contributed by atoms with E-state index in [0.29, 0.717) is 12.1 Å². The Morgan fingerprint density at radius 1 is 1.38 bits per heavy atom. The number of carbonyl (C=O) groups excluding carboxylic acids is 1. The van der Waals surface area contributed by atoms with Crippen LogP contribution in [0.1, 0.15) is 49.5 Å². The molecule has 21 heavy (non-hydrogen) atoms. The largest absolute Gasteiger partial charge is 0.374 e. The van der Waals surface area contributed by atoms with E-state index in [0.717, 1.165) is 37.1 Å². The molecule has 3 unspecified atom stereocenters. The van der Waals surface area contributed by atoms with Gasteiger partial charge in [0.2, 0.25) is 0 Å². The first kappa shape index (κ1) is 16.0. The zero-order valence-corrected chi connectivity index (χ0v) is 13.2. The van der Waals surface area contributed by atoms with Crippen molar-refractivity contribution in [1.82, 2.24) is 10.6 Å². The van der Waals surface area contributed by atoms with Crippen LogP contribution < -0.4 is 10.6 Å². The number of rotatable bonds is 6. The smallest absolute Gasteiger partial charge is 0.251 e. The first-order chi connectivity index (χ1) is 10.1. The van der Waals surface area contributed by atoms with Crippen molar-refractivity contribution in [2.75, 3.05) is 6.54 Å². The van der Waals surface area contributed by atoms with Crippen LogP contribution in [0, 0.1) is 0 Å². The molecule has 4 heteroatoms. The van der Waals surface area contributed by atoms with Gasteiger partial charge in [0.05, 0.1) is 12.2 Å². The standard InChI is InChI=1S/C17H26N2O2/c1-4-8-18-17(20)15-7-5-6-14(10-15)11-19-16-9-12(2)21-13(16)3/h5-7,10,12-13,16,19H,4,8-9,11H2,1-3H3,(H,18,20). The molecule has 2 N–H and O–H groups in total. The number of amides is 1. The lowest BCUT2D eigenvalue weighted by atomic mass is 10.1. The highest BCUT2D eigenvalue weighted by Gasteiger charge is 2.28. The highest BCUT2D eigenvalue weighted by atomic mass is 16.5. The molecule has 2 rings (SSSR count). The number of benzene rings is 1. The van der Waals surface area contributed by atoms with E-state index < -0.39 is 0 Å². The Kier molecular flexibility index (Phi) is 5.76. The Morgan fingerprint density at radius 3 is 2.86 bits per heavy atom. The second-order valence-corrected chi connectivity index (χ2v) is 5.83. The van der Waals surface area contributed by atoms with Gasteiger partial charge in [0.1, 0.15) is 0 Å². The molecule has 1 fully saturated rings. The normalized spacial score (nSPS) is 25.0. The number of nitrogens with one attached hydrogen (secondary N) is 2. The lowest BCUT2D eigenvalue weighted by molar-refractivity contribution is 0.0604. The average molecular weight is 290 g/mol. The van der Waals surface area contributed by atoms with E-state index in [-0.39, 0.29) is 12.0 Å². The Hall–Kier alpha value is -1.39. The minimum Gasteiger partial charge on any atom is -0.374 e. The zero-order valence-electron chi connectivity index (χ0n) is 13.2. The summed E-state index contributed by atoms with van der Waals surface area (Å²) in [4.78, 5) is 12.0. The highest BCUT2D eigenvalue weighted by molar-refractivity contribution is 5.94. The lowest BCUT2D eigenvalue weighted by Crippen LogP contribution is -2.34. The maximum atomic E-state index is 12.0. The molecule has 4 nitrogen and oxygen atoms in total. The van der Waals surface area contributed by atoms with E-state index >= 15 is 0 Å². The molecule has 116 valence electrons. The third-order valence-electron chi connectivity index (χ3n) is 3.89. The van der Waals surface area contributed by atoms with Crippen molar-refractivity contribution in [3.8, 4) is 0 Å². The van der Waals surface area contributed by atoms with Gasteiger partial charge in [-0.15, -0.1) is 0 Å². The molecule has 1 aromatic carbocycles. The fraction of sp³-hybridized carbons (Fsp3) is 0.588. The van der Waals surface area contributed by atoms with Gasteiger partial charge in [-0.2, -0.15) is 0 Å². The highest BCUT2D eigenvalue weighted by Crippen LogP contribution is 2.20. The van der Waals surface area contributed by atoms with Crippen LogP contribution >= 0.6 is 0 Å². The van der Waals surface area contributed by atoms with Gasteiger partial charge in [-0.05, 0) is 44.4 Å². The molecule has 0 bridgehead atoms. The fourth-order valence-corrected chi connectivity index (χ4v) is 2.73. The third-order valence-corrected chi connectivity index (χ3v) is 3.89. The monoisotopic (exact) mass is 290 g/mol. The van der Waals surface area contributed by atoms with Crippen LogP contribution in [0.5, 0.6) is 0 Å². The van der Waals surface area contributed by atoms with Gasteiger partial charge in [-0.25, -0.2) is 0 Å². The topological polar surface area (TPSA) is 50.4 Å². The van der Waals surface area contributed by atoms with Crippen molar-refractivity contribution >= 4 is 5.91 Å². The predicted molar refractivity (Wildman–Crippen MR) is 84.3 cm³/mol. The van der Waals surface area contributed by atoms with Gasteiger partial charge < -0.3 is 15.4 Å². The molecule has 0 radical (unpaired) electrons. The molecule has 1 heterocycles. The maximum Gasteiger partial charge on any atom is 0.251 e. The summed E-state index contributed by atoms with van der Waals surface area (Å²) in [6.07, 6.45) is 2.56. The molecule has 0 aliphatic carbocycles. The molecule has 1 aliphatic rings. The van der Waals surface area contributed by atoms with Crippen molar-refractivity contribution in [3.63, 3.8) is 0 Å². The number of hydrogen-bond donors (Lipinski definition) is 2. The molecule has 0 saturated carbocycles. The lowest BCUT2D eigenvalue weighted by Gasteiger charge is -2.16. The number of ether oxygens (including phenoxy) is 1. The summed E-state index contributed by atoms with van der Waals surface area (Å²) in [6.45, 7) is 7.75. The van der Waals surface area contributed by atoms with Gasteiger partial charge >= 0.3 is 0 Å². The first-order valence-corrected chi connectivity index (χ1v) is 7.86. The van der Waals surface area contributed by atoms with E-state index in [1.54, 1.807) is 0 Å². The number of hydrogen-bond acceptors (Lipinski definition) is 3. The van der Waals surface area contributed by atoms with Crippen LogP contribution in [-0.4, -0.2) is 30.7 Å². The second kappa shape index (κ2) is 7.57. The third kappa shape index (κ3) is 4.55. The van der Waals surface area contributed by atoms with Crippen molar-refractivity contribution < 1.29 is 9.53 Å². The summed E-state index contributed by atoms with van der Waals surface area (Å²) in [7, 11) is 0. The minimum absolute atomic E-state index is 0.00453. The summed E-state index contributed by atoms with van der Waals surface area (Å²) in [5, 5.41) is 6.44. The van der Waals surface area contributed by atoms with Crippen molar-refractivity contribution in [2.24, 2.45) is 0 Å². The Balaban J connectivity index is 1.90. The van der Waals surface area contributed by atoms with E-state index in [2.05, 4.69) is 24.5 Å². The van der Waals surface area contributed by atoms with Crippen LogP contribution in [0.15, 0.2) is 24.3 Å². The van der Waals surface area contributed by atoms with Crippen LogP contribution in [0.3, 0.4) is 0 Å². The molecular weight excluding hydrogens is 264 g/mol. The van der Waals surface area contributed by atoms with Crippen LogP contribution in [0.25, 0.3) is 0 Å². The van der Waals surface area contributed by atoms with E-state index in [4.69, 9.17) is 4.74 Å². The van der Waals surface area contributed by atoms with Gasteiger partial charge in [0.25, 0.3) is 5.91 Å². The van der Waals surface area contributed by atoms with Gasteiger partial charge in [-0.1, -0.05) is 19.1 Å². The van der Waals surface area contributed by atoms with Crippen LogP contribution in [-0.2, 0) is 11.3 Å². The summed E-state index contributed by atoms with van der Waals surface area (Å²) in [5.74, 6) is 0.00453. The van der Waals surface area contributed by atoms with Crippen molar-refractivity contribution in [3.05, 3.63) is 35.4 Å². The number of carbonyl (C=O) groups is 1. The van der Waals surface area contributed by atoms with Crippen molar-refractivity contribution in [1.29, 1.82) is 0 Å². The summed E-state index contributed by atoms with van der Waals surface area (Å²) < 4.78 is 5.74. The Labute approximate surface area is 127 Å². The van der Waals surface area contributed by atoms with Crippen LogP contribution in [0.4, 0.5) is 0 Å². The van der Waals surface area contributed by atoms with E-state index in [1.165, 1.54) is 0 Å². The quantitative estimate of drug-likeness (QED) is 0.846. The summed E-state index contributed by atoms with van der Waals surface area (Å²) in [5.41, 5.74) is 1.86. The van der Waals surface area contributed by atoms with Crippen LogP contribution in [0.2, 0.25) is 0 Å². The predicted octanol–water partition coefficient (Wildman–Crippen LogP) is 2.48. The molecule has 1 saturated heterocycles. The fourth-order valence-electron chi connectivity index (χ4n) is 2.73. The van der Waals surface area contributed by atoms with Crippen molar-refractivity contribution in [2.45, 2.75) is 58.4 Å². The van der Waals surface area contributed by atoms with E-state index in [1.807, 2.05) is 31.2 Å². The summed E-state index contributed by atoms with van der Waals surface area (Å²) in [6, 6.07) is 8.19. The Bertz CT molecular complexity index is 476. The zero-order chi connectivity index (χ0) is 15.2. The SMILES string of the molecule is CCCNC(=O)c1cccc(CNC2CC(C)OC2C)c1. The molecular formula is C17H26N2O2. The second-order valence-electron chi connectivity index (χ2n) is 5.83. The maximum absolute atomic E-state index is 12.0. The van der Waals surface area contributed by atoms with Gasteiger partial charge in [0, 0.05) is 24.7 Å². The molecule has 0 aromatic heterocycles. The first-order valence-electron chi connectivity index (χ1n) is 7.86. The average Bonchev–Trinajstić information content (AvgIpc) is 2.81. The molecule has 1 aliphatic heterocycles. The molecule has 1 aromatic rings. The van der Waals surface area contributed by atoms with Gasteiger partial charge in [-0.3, -0.25) is 4.79 Å². The van der Waals surface area contributed by atoms with Gasteiger partial charge in [0.15, 0.2) is 0 Å². The molecule has 3 atom stereocenters. The minimum atomic E-state index is 0.00453. The Morgan fingerprint density at radius 2 is 2.19 bits per heavy atom. The summed E-state index contributed by atoms with van der Waals surface area (Å²) >= 11 is 0. The molecule has 0 spiro atoms. The molecule has 1 amide bonds. The van der Waals surface area contributed by atoms with E-state index in [9.17, 15) is 4.79 Å².